The predicted octanol–water partition coefficient (Wildman–Crippen LogP) is 3.09. The number of urea groups is 1. The summed E-state index contributed by atoms with van der Waals surface area (Å²) in [5.41, 5.74) is 2.13. The number of aliphatic hydroxyl groups is 1. The zero-order valence-electron chi connectivity index (χ0n) is 15.0. The number of hydrogen-bond acceptors (Lipinski definition) is 3. The molecule has 2 rings (SSSR count). The Morgan fingerprint density at radius 3 is 3.00 bits per heavy atom. The van der Waals surface area contributed by atoms with Crippen molar-refractivity contribution in [3.05, 3.63) is 29.3 Å². The summed E-state index contributed by atoms with van der Waals surface area (Å²) in [5, 5.41) is 12.3. The second kappa shape index (κ2) is 8.92. The standard InChI is InChI=1S/C19H30N2O3/c1-4-15(3)24-18-10-14(2)7-8-17(18)11-20-19(23)21-9-5-6-16(12-21)13-22/h7-8,10,15-16,22H,4-6,9,11-13H2,1-3H3,(H,20,23). The molecule has 1 saturated heterocycles. The van der Waals surface area contributed by atoms with Crippen LogP contribution in [0.4, 0.5) is 4.79 Å². The van der Waals surface area contributed by atoms with Crippen LogP contribution in [0.3, 0.4) is 0 Å². The van der Waals surface area contributed by atoms with Crippen molar-refractivity contribution >= 4 is 6.03 Å². The smallest absolute Gasteiger partial charge is 0.317 e. The van der Waals surface area contributed by atoms with Crippen LogP contribution in [0, 0.1) is 12.8 Å². The molecule has 5 heteroatoms. The van der Waals surface area contributed by atoms with Gasteiger partial charge in [0.15, 0.2) is 0 Å². The SMILES string of the molecule is CCC(C)Oc1cc(C)ccc1CNC(=O)N1CCCC(CO)C1. The molecule has 2 unspecified atom stereocenters. The number of ether oxygens (including phenoxy) is 1. The van der Waals surface area contributed by atoms with Crippen LogP contribution in [0.25, 0.3) is 0 Å². The van der Waals surface area contributed by atoms with E-state index in [9.17, 15) is 9.90 Å². The predicted molar refractivity (Wildman–Crippen MR) is 95.2 cm³/mol. The quantitative estimate of drug-likeness (QED) is 0.840. The molecule has 0 saturated carbocycles. The number of carbonyl (C=O) groups excluding carboxylic acids is 1. The van der Waals surface area contributed by atoms with E-state index in [4.69, 9.17) is 4.74 Å². The minimum absolute atomic E-state index is 0.0665. The summed E-state index contributed by atoms with van der Waals surface area (Å²) in [6, 6.07) is 6.01. The van der Waals surface area contributed by atoms with Gasteiger partial charge in [-0.2, -0.15) is 0 Å². The topological polar surface area (TPSA) is 61.8 Å². The fourth-order valence-electron chi connectivity index (χ4n) is 2.90. The van der Waals surface area contributed by atoms with E-state index in [2.05, 4.69) is 12.2 Å². The van der Waals surface area contributed by atoms with E-state index in [1.807, 2.05) is 32.0 Å². The van der Waals surface area contributed by atoms with E-state index in [0.717, 1.165) is 42.7 Å². The van der Waals surface area contributed by atoms with Crippen LogP contribution in [0.2, 0.25) is 0 Å². The van der Waals surface area contributed by atoms with Gasteiger partial charge in [0.1, 0.15) is 5.75 Å². The van der Waals surface area contributed by atoms with E-state index in [1.54, 1.807) is 4.90 Å². The number of amides is 2. The molecule has 0 spiro atoms. The summed E-state index contributed by atoms with van der Waals surface area (Å²) in [6.07, 6.45) is 3.03. The molecule has 1 aliphatic rings. The van der Waals surface area contributed by atoms with Crippen molar-refractivity contribution in [2.24, 2.45) is 5.92 Å². The van der Waals surface area contributed by atoms with Crippen molar-refractivity contribution in [3.8, 4) is 5.75 Å². The first-order chi connectivity index (χ1) is 11.5. The Hall–Kier alpha value is -1.75. The maximum Gasteiger partial charge on any atom is 0.317 e. The first kappa shape index (κ1) is 18.6. The van der Waals surface area contributed by atoms with Gasteiger partial charge in [-0.1, -0.05) is 19.1 Å². The monoisotopic (exact) mass is 334 g/mol. The third-order valence-corrected chi connectivity index (χ3v) is 4.62. The number of nitrogens with one attached hydrogen (secondary N) is 1. The Morgan fingerprint density at radius 2 is 2.29 bits per heavy atom. The van der Waals surface area contributed by atoms with Crippen LogP contribution in [0.1, 0.15) is 44.2 Å². The summed E-state index contributed by atoms with van der Waals surface area (Å²) < 4.78 is 5.99. The molecular weight excluding hydrogens is 304 g/mol. The molecule has 1 fully saturated rings. The normalized spacial score (nSPS) is 19.0. The zero-order valence-corrected chi connectivity index (χ0v) is 15.0. The molecule has 1 aromatic rings. The van der Waals surface area contributed by atoms with Gasteiger partial charge in [0.25, 0.3) is 0 Å². The van der Waals surface area contributed by atoms with Gasteiger partial charge in [0, 0.05) is 31.8 Å². The van der Waals surface area contributed by atoms with Gasteiger partial charge in [0.05, 0.1) is 6.10 Å². The minimum atomic E-state index is -0.0665. The molecule has 5 nitrogen and oxygen atoms in total. The lowest BCUT2D eigenvalue weighted by molar-refractivity contribution is 0.129. The highest BCUT2D eigenvalue weighted by atomic mass is 16.5. The second-order valence-corrected chi connectivity index (χ2v) is 6.74. The Kier molecular flexibility index (Phi) is 6.91. The molecule has 134 valence electrons. The molecule has 0 bridgehead atoms. The summed E-state index contributed by atoms with van der Waals surface area (Å²) in [5.74, 6) is 1.05. The molecule has 0 radical (unpaired) electrons. The average Bonchev–Trinajstić information content (AvgIpc) is 2.60. The number of hydrogen-bond donors (Lipinski definition) is 2. The molecule has 2 amide bonds. The average molecular weight is 334 g/mol. The summed E-state index contributed by atoms with van der Waals surface area (Å²) in [7, 11) is 0. The highest BCUT2D eigenvalue weighted by Gasteiger charge is 2.23. The number of piperidine rings is 1. The lowest BCUT2D eigenvalue weighted by atomic mass is 9.99. The minimum Gasteiger partial charge on any atom is -0.490 e. The number of likely N-dealkylation sites (tertiary alicyclic amines) is 1. The molecule has 1 aromatic carbocycles. The lowest BCUT2D eigenvalue weighted by Gasteiger charge is -2.32. The molecule has 24 heavy (non-hydrogen) atoms. The number of aliphatic hydroxyl groups excluding tert-OH is 1. The van der Waals surface area contributed by atoms with Crippen molar-refractivity contribution < 1.29 is 14.6 Å². The van der Waals surface area contributed by atoms with Crippen LogP contribution in [-0.4, -0.2) is 41.8 Å². The maximum atomic E-state index is 12.4. The fourth-order valence-corrected chi connectivity index (χ4v) is 2.90. The van der Waals surface area contributed by atoms with Gasteiger partial charge >= 0.3 is 6.03 Å². The second-order valence-electron chi connectivity index (χ2n) is 6.74. The number of nitrogens with zero attached hydrogens (tertiary/aromatic N) is 1. The van der Waals surface area contributed by atoms with Gasteiger partial charge in [-0.3, -0.25) is 0 Å². The molecule has 0 aliphatic carbocycles. The molecule has 1 heterocycles. The Bertz CT molecular complexity index is 547. The number of aryl methyl sites for hydroxylation is 1. The van der Waals surface area contributed by atoms with E-state index >= 15 is 0 Å². The van der Waals surface area contributed by atoms with Crippen LogP contribution in [0.5, 0.6) is 5.75 Å². The number of carbonyl (C=O) groups is 1. The van der Waals surface area contributed by atoms with Crippen molar-refractivity contribution in [1.82, 2.24) is 10.2 Å². The van der Waals surface area contributed by atoms with E-state index in [-0.39, 0.29) is 24.7 Å². The Labute approximate surface area is 145 Å². The summed E-state index contributed by atoms with van der Waals surface area (Å²) >= 11 is 0. The van der Waals surface area contributed by atoms with Crippen molar-refractivity contribution in [2.45, 2.75) is 52.7 Å². The first-order valence-electron chi connectivity index (χ1n) is 8.93. The van der Waals surface area contributed by atoms with Gasteiger partial charge in [0.2, 0.25) is 0 Å². The zero-order chi connectivity index (χ0) is 17.5. The number of benzene rings is 1. The molecular formula is C19H30N2O3. The molecule has 1 aliphatic heterocycles. The maximum absolute atomic E-state index is 12.4. The highest BCUT2D eigenvalue weighted by Crippen LogP contribution is 2.22. The summed E-state index contributed by atoms with van der Waals surface area (Å²) in [6.45, 7) is 8.16. The van der Waals surface area contributed by atoms with Gasteiger partial charge in [-0.15, -0.1) is 0 Å². The van der Waals surface area contributed by atoms with Crippen LogP contribution in [-0.2, 0) is 6.54 Å². The third kappa shape index (κ3) is 5.13. The van der Waals surface area contributed by atoms with Crippen LogP contribution < -0.4 is 10.1 Å². The van der Waals surface area contributed by atoms with E-state index in [1.165, 1.54) is 0 Å². The molecule has 2 atom stereocenters. The summed E-state index contributed by atoms with van der Waals surface area (Å²) in [4.78, 5) is 14.2. The van der Waals surface area contributed by atoms with E-state index in [0.29, 0.717) is 13.1 Å². The Balaban J connectivity index is 1.96. The largest absolute Gasteiger partial charge is 0.490 e. The number of rotatable bonds is 6. The fraction of sp³-hybridized carbons (Fsp3) is 0.632. The van der Waals surface area contributed by atoms with Gasteiger partial charge in [-0.25, -0.2) is 4.79 Å². The van der Waals surface area contributed by atoms with Gasteiger partial charge in [-0.05, 0) is 50.7 Å². The van der Waals surface area contributed by atoms with Crippen LogP contribution >= 0.6 is 0 Å². The highest BCUT2D eigenvalue weighted by molar-refractivity contribution is 5.74. The van der Waals surface area contributed by atoms with E-state index < -0.39 is 0 Å². The molecule has 0 aromatic heterocycles. The lowest BCUT2D eigenvalue weighted by Crippen LogP contribution is -2.45. The first-order valence-corrected chi connectivity index (χ1v) is 8.93. The Morgan fingerprint density at radius 1 is 1.50 bits per heavy atom. The third-order valence-electron chi connectivity index (χ3n) is 4.62. The molecule has 2 N–H and O–H groups in total. The van der Waals surface area contributed by atoms with Crippen LogP contribution in [0.15, 0.2) is 18.2 Å². The van der Waals surface area contributed by atoms with Crippen molar-refractivity contribution in [2.75, 3.05) is 19.7 Å². The van der Waals surface area contributed by atoms with Gasteiger partial charge < -0.3 is 20.1 Å². The van der Waals surface area contributed by atoms with Crippen molar-refractivity contribution in [3.63, 3.8) is 0 Å². The van der Waals surface area contributed by atoms with Crippen molar-refractivity contribution in [1.29, 1.82) is 0 Å².